The van der Waals surface area contributed by atoms with Crippen molar-refractivity contribution in [2.24, 2.45) is 0 Å². The van der Waals surface area contributed by atoms with Crippen LogP contribution < -0.4 is 10.2 Å². The van der Waals surface area contributed by atoms with Gasteiger partial charge < -0.3 is 10.2 Å². The van der Waals surface area contributed by atoms with Crippen LogP contribution in [0.15, 0.2) is 42.5 Å². The molecule has 2 aromatic rings. The zero-order valence-electron chi connectivity index (χ0n) is 14.9. The first-order chi connectivity index (χ1) is 12.0. The standard InChI is InChI=1S/C20H25N3O2/c1-15-6-9-18(10-7-15)21-14-17-8-11-19(20(13-17)23(24)25)22-12-4-3-5-16(22)2/h6-11,13,16,21H,3-5,12,14H2,1-2H3/t16-/m1/s1. The molecule has 0 bridgehead atoms. The van der Waals surface area contributed by atoms with Crippen molar-refractivity contribution in [2.75, 3.05) is 16.8 Å². The number of rotatable bonds is 5. The molecule has 1 saturated heterocycles. The Morgan fingerprint density at radius 2 is 1.96 bits per heavy atom. The summed E-state index contributed by atoms with van der Waals surface area (Å²) in [5, 5.41) is 14.9. The monoisotopic (exact) mass is 339 g/mol. The van der Waals surface area contributed by atoms with E-state index < -0.39 is 0 Å². The zero-order chi connectivity index (χ0) is 17.8. The van der Waals surface area contributed by atoms with Crippen molar-refractivity contribution < 1.29 is 4.92 Å². The fourth-order valence-electron chi connectivity index (χ4n) is 3.40. The van der Waals surface area contributed by atoms with E-state index >= 15 is 0 Å². The molecule has 1 atom stereocenters. The molecule has 0 aliphatic carbocycles. The molecule has 3 rings (SSSR count). The van der Waals surface area contributed by atoms with Crippen LogP contribution in [0.25, 0.3) is 0 Å². The van der Waals surface area contributed by atoms with Gasteiger partial charge >= 0.3 is 0 Å². The normalized spacial score (nSPS) is 17.4. The number of nitrogens with zero attached hydrogens (tertiary/aromatic N) is 2. The second kappa shape index (κ2) is 7.55. The lowest BCUT2D eigenvalue weighted by Gasteiger charge is -2.35. The minimum Gasteiger partial charge on any atom is -0.381 e. The first-order valence-corrected chi connectivity index (χ1v) is 8.89. The minimum atomic E-state index is -0.258. The average molecular weight is 339 g/mol. The van der Waals surface area contributed by atoms with Crippen LogP contribution in [0.1, 0.15) is 37.3 Å². The molecule has 1 fully saturated rings. The number of hydrogen-bond donors (Lipinski definition) is 1. The largest absolute Gasteiger partial charge is 0.381 e. The molecule has 0 unspecified atom stereocenters. The van der Waals surface area contributed by atoms with Crippen LogP contribution in [-0.2, 0) is 6.54 Å². The van der Waals surface area contributed by atoms with Gasteiger partial charge in [-0.1, -0.05) is 23.8 Å². The quantitative estimate of drug-likeness (QED) is 0.622. The number of piperidine rings is 1. The topological polar surface area (TPSA) is 58.4 Å². The first-order valence-electron chi connectivity index (χ1n) is 8.89. The maximum atomic E-state index is 11.6. The van der Waals surface area contributed by atoms with E-state index in [4.69, 9.17) is 0 Å². The lowest BCUT2D eigenvalue weighted by Crippen LogP contribution is -2.37. The van der Waals surface area contributed by atoms with Crippen molar-refractivity contribution >= 4 is 17.1 Å². The predicted octanol–water partition coefficient (Wildman–Crippen LogP) is 4.89. The van der Waals surface area contributed by atoms with Crippen molar-refractivity contribution in [1.82, 2.24) is 0 Å². The molecule has 5 nitrogen and oxygen atoms in total. The van der Waals surface area contributed by atoms with Crippen molar-refractivity contribution in [1.29, 1.82) is 0 Å². The summed E-state index contributed by atoms with van der Waals surface area (Å²) in [6.45, 7) is 5.66. The minimum absolute atomic E-state index is 0.206. The number of nitro benzene ring substituents is 1. The third-order valence-corrected chi connectivity index (χ3v) is 4.90. The highest BCUT2D eigenvalue weighted by molar-refractivity contribution is 5.65. The van der Waals surface area contributed by atoms with Crippen molar-refractivity contribution in [3.05, 3.63) is 63.7 Å². The highest BCUT2D eigenvalue weighted by Gasteiger charge is 2.25. The Labute approximate surface area is 148 Å². The SMILES string of the molecule is Cc1ccc(NCc2ccc(N3CCCC[C@H]3C)c([N+](=O)[O-])c2)cc1. The summed E-state index contributed by atoms with van der Waals surface area (Å²) in [6, 6.07) is 14.1. The lowest BCUT2D eigenvalue weighted by molar-refractivity contribution is -0.384. The fraction of sp³-hybridized carbons (Fsp3) is 0.400. The van der Waals surface area contributed by atoms with Gasteiger partial charge in [0.05, 0.1) is 4.92 Å². The van der Waals surface area contributed by atoms with Gasteiger partial charge in [-0.15, -0.1) is 0 Å². The van der Waals surface area contributed by atoms with E-state index in [2.05, 4.69) is 17.1 Å². The smallest absolute Gasteiger partial charge is 0.292 e. The molecular weight excluding hydrogens is 314 g/mol. The third-order valence-electron chi connectivity index (χ3n) is 4.90. The van der Waals surface area contributed by atoms with Gasteiger partial charge in [-0.05, 0) is 56.9 Å². The van der Waals surface area contributed by atoms with E-state index in [1.807, 2.05) is 43.3 Å². The molecule has 1 N–H and O–H groups in total. The molecule has 0 saturated carbocycles. The maximum Gasteiger partial charge on any atom is 0.292 e. The predicted molar refractivity (Wildman–Crippen MR) is 102 cm³/mol. The second-order valence-corrected chi connectivity index (χ2v) is 6.84. The number of aryl methyl sites for hydroxylation is 1. The molecule has 5 heteroatoms. The van der Waals surface area contributed by atoms with Crippen molar-refractivity contribution in [2.45, 2.75) is 45.7 Å². The number of nitrogens with one attached hydrogen (secondary N) is 1. The number of nitro groups is 1. The van der Waals surface area contributed by atoms with Crippen LogP contribution in [-0.4, -0.2) is 17.5 Å². The molecular formula is C20H25N3O2. The highest BCUT2D eigenvalue weighted by atomic mass is 16.6. The zero-order valence-corrected chi connectivity index (χ0v) is 14.9. The molecule has 0 radical (unpaired) electrons. The Balaban J connectivity index is 1.78. The molecule has 1 aliphatic rings. The Kier molecular flexibility index (Phi) is 5.22. The lowest BCUT2D eigenvalue weighted by atomic mass is 10.0. The molecule has 2 aromatic carbocycles. The van der Waals surface area contributed by atoms with Gasteiger partial charge in [0, 0.05) is 30.9 Å². The van der Waals surface area contributed by atoms with E-state index in [0.29, 0.717) is 12.6 Å². The summed E-state index contributed by atoms with van der Waals surface area (Å²) >= 11 is 0. The average Bonchev–Trinajstić information content (AvgIpc) is 2.61. The van der Waals surface area contributed by atoms with Gasteiger partial charge in [-0.3, -0.25) is 10.1 Å². The van der Waals surface area contributed by atoms with E-state index in [0.717, 1.165) is 36.3 Å². The number of benzene rings is 2. The Hall–Kier alpha value is -2.56. The Morgan fingerprint density at radius 1 is 1.20 bits per heavy atom. The third kappa shape index (κ3) is 4.10. The molecule has 0 amide bonds. The molecule has 25 heavy (non-hydrogen) atoms. The van der Waals surface area contributed by atoms with Crippen LogP contribution >= 0.6 is 0 Å². The van der Waals surface area contributed by atoms with E-state index in [1.54, 1.807) is 6.07 Å². The van der Waals surface area contributed by atoms with E-state index in [1.165, 1.54) is 12.0 Å². The maximum absolute atomic E-state index is 11.6. The van der Waals surface area contributed by atoms with Crippen molar-refractivity contribution in [3.63, 3.8) is 0 Å². The van der Waals surface area contributed by atoms with E-state index in [9.17, 15) is 10.1 Å². The van der Waals surface area contributed by atoms with Gasteiger partial charge in [-0.25, -0.2) is 0 Å². The summed E-state index contributed by atoms with van der Waals surface area (Å²) in [4.78, 5) is 13.5. The van der Waals surface area contributed by atoms with Gasteiger partial charge in [0.1, 0.15) is 5.69 Å². The van der Waals surface area contributed by atoms with Gasteiger partial charge in [-0.2, -0.15) is 0 Å². The molecule has 0 spiro atoms. The molecule has 0 aromatic heterocycles. The van der Waals surface area contributed by atoms with Gasteiger partial charge in [0.15, 0.2) is 0 Å². The number of anilines is 2. The van der Waals surface area contributed by atoms with Crippen LogP contribution in [0, 0.1) is 17.0 Å². The molecule has 1 heterocycles. The summed E-state index contributed by atoms with van der Waals surface area (Å²) in [7, 11) is 0. The van der Waals surface area contributed by atoms with E-state index in [-0.39, 0.29) is 10.6 Å². The van der Waals surface area contributed by atoms with Crippen molar-refractivity contribution in [3.8, 4) is 0 Å². The van der Waals surface area contributed by atoms with Gasteiger partial charge in [0.2, 0.25) is 0 Å². The summed E-state index contributed by atoms with van der Waals surface area (Å²) in [5.41, 5.74) is 4.09. The first kappa shape index (κ1) is 17.3. The second-order valence-electron chi connectivity index (χ2n) is 6.84. The van der Waals surface area contributed by atoms with Crippen LogP contribution in [0.2, 0.25) is 0 Å². The van der Waals surface area contributed by atoms with Crippen LogP contribution in [0.4, 0.5) is 17.1 Å². The number of hydrogen-bond acceptors (Lipinski definition) is 4. The van der Waals surface area contributed by atoms with Crippen LogP contribution in [0.3, 0.4) is 0 Å². The summed E-state index contributed by atoms with van der Waals surface area (Å²) < 4.78 is 0. The Bertz CT molecular complexity index is 743. The Morgan fingerprint density at radius 3 is 2.64 bits per heavy atom. The summed E-state index contributed by atoms with van der Waals surface area (Å²) in [5.74, 6) is 0. The molecule has 132 valence electrons. The highest BCUT2D eigenvalue weighted by Crippen LogP contribution is 2.33. The van der Waals surface area contributed by atoms with Gasteiger partial charge in [0.25, 0.3) is 5.69 Å². The fourth-order valence-corrected chi connectivity index (χ4v) is 3.40. The van der Waals surface area contributed by atoms with Crippen LogP contribution in [0.5, 0.6) is 0 Å². The summed E-state index contributed by atoms with van der Waals surface area (Å²) in [6.07, 6.45) is 3.39. The molecule has 1 aliphatic heterocycles.